The molecule has 0 radical (unpaired) electrons. The fraction of sp³-hybridized carbons (Fsp3) is 0.727. The first-order valence-electron chi connectivity index (χ1n) is 5.39. The zero-order chi connectivity index (χ0) is 10.1. The molecule has 1 aromatic heterocycles. The lowest BCUT2D eigenvalue weighted by Crippen LogP contribution is -2.37. The second kappa shape index (κ2) is 3.73. The highest BCUT2D eigenvalue weighted by molar-refractivity contribution is 5.08. The number of piperidine rings is 1. The van der Waals surface area contributed by atoms with Crippen LogP contribution in [0.15, 0.2) is 12.3 Å². The van der Waals surface area contributed by atoms with Crippen molar-refractivity contribution < 1.29 is 0 Å². The van der Waals surface area contributed by atoms with Gasteiger partial charge in [-0.05, 0) is 30.9 Å². The Balaban J connectivity index is 2.11. The molecule has 1 aliphatic heterocycles. The van der Waals surface area contributed by atoms with E-state index in [1.165, 1.54) is 12.1 Å². The molecule has 3 atom stereocenters. The first kappa shape index (κ1) is 9.71. The Morgan fingerprint density at radius 2 is 2.29 bits per heavy atom. The maximum absolute atomic E-state index is 4.46. The number of nitrogens with one attached hydrogen (secondary N) is 1. The van der Waals surface area contributed by atoms with Crippen LogP contribution < -0.4 is 5.32 Å². The van der Waals surface area contributed by atoms with E-state index in [1.807, 2.05) is 17.9 Å². The summed E-state index contributed by atoms with van der Waals surface area (Å²) < 4.78 is 1.88. The highest BCUT2D eigenvalue weighted by Gasteiger charge is 2.27. The molecule has 1 aliphatic rings. The largest absolute Gasteiger partial charge is 0.308 e. The molecule has 78 valence electrons. The van der Waals surface area contributed by atoms with Gasteiger partial charge in [-0.2, -0.15) is 5.10 Å². The van der Waals surface area contributed by atoms with Crippen LogP contribution in [0.3, 0.4) is 0 Å². The molecule has 14 heavy (non-hydrogen) atoms. The lowest BCUT2D eigenvalue weighted by molar-refractivity contribution is 0.242. The molecule has 0 aliphatic carbocycles. The van der Waals surface area contributed by atoms with Crippen LogP contribution in [0, 0.1) is 11.8 Å². The molecule has 0 bridgehead atoms. The zero-order valence-corrected chi connectivity index (χ0v) is 9.20. The molecule has 3 heteroatoms. The van der Waals surface area contributed by atoms with Crippen LogP contribution in [-0.2, 0) is 7.05 Å². The molecule has 0 saturated carbocycles. The van der Waals surface area contributed by atoms with Crippen molar-refractivity contribution in [3.63, 3.8) is 0 Å². The molecule has 0 spiro atoms. The van der Waals surface area contributed by atoms with Gasteiger partial charge in [0.25, 0.3) is 0 Å². The van der Waals surface area contributed by atoms with Gasteiger partial charge in [0.15, 0.2) is 0 Å². The number of hydrogen-bond acceptors (Lipinski definition) is 2. The Labute approximate surface area is 85.5 Å². The Morgan fingerprint density at radius 1 is 1.50 bits per heavy atom. The van der Waals surface area contributed by atoms with Crippen LogP contribution >= 0.6 is 0 Å². The minimum Gasteiger partial charge on any atom is -0.308 e. The number of hydrogen-bond donors (Lipinski definition) is 1. The van der Waals surface area contributed by atoms with Crippen molar-refractivity contribution in [1.29, 1.82) is 0 Å². The van der Waals surface area contributed by atoms with Crippen LogP contribution in [0.5, 0.6) is 0 Å². The fourth-order valence-electron chi connectivity index (χ4n) is 2.38. The van der Waals surface area contributed by atoms with Crippen LogP contribution in [0.1, 0.15) is 32.0 Å². The summed E-state index contributed by atoms with van der Waals surface area (Å²) in [7, 11) is 1.97. The highest BCUT2D eigenvalue weighted by Crippen LogP contribution is 2.29. The normalized spacial score (nSPS) is 33.2. The number of aryl methyl sites for hydroxylation is 1. The molecule has 2 heterocycles. The van der Waals surface area contributed by atoms with Crippen LogP contribution in [0.4, 0.5) is 0 Å². The van der Waals surface area contributed by atoms with Gasteiger partial charge in [-0.1, -0.05) is 13.8 Å². The van der Waals surface area contributed by atoms with E-state index >= 15 is 0 Å². The van der Waals surface area contributed by atoms with Crippen LogP contribution in [0.2, 0.25) is 0 Å². The third kappa shape index (κ3) is 1.82. The lowest BCUT2D eigenvalue weighted by atomic mass is 9.85. The molecule has 0 aromatic carbocycles. The Morgan fingerprint density at radius 3 is 2.86 bits per heavy atom. The predicted octanol–water partition coefficient (Wildman–Crippen LogP) is 1.73. The van der Waals surface area contributed by atoms with Crippen LogP contribution in [-0.4, -0.2) is 16.3 Å². The molecule has 1 fully saturated rings. The summed E-state index contributed by atoms with van der Waals surface area (Å²) in [4.78, 5) is 0. The second-order valence-corrected chi connectivity index (χ2v) is 4.62. The predicted molar refractivity (Wildman–Crippen MR) is 56.9 cm³/mol. The number of nitrogens with zero attached hydrogens (tertiary/aromatic N) is 2. The average Bonchev–Trinajstić information content (AvgIpc) is 2.51. The van der Waals surface area contributed by atoms with Gasteiger partial charge in [-0.15, -0.1) is 0 Å². The summed E-state index contributed by atoms with van der Waals surface area (Å²) in [5.41, 5.74) is 1.19. The van der Waals surface area contributed by atoms with E-state index in [0.717, 1.165) is 12.5 Å². The standard InChI is InChI=1S/C11H19N3/c1-8-6-9(2)11(12-7-8)10-4-5-14(3)13-10/h4-5,8-9,11-12H,6-7H2,1-3H3. The van der Waals surface area contributed by atoms with E-state index in [1.54, 1.807) is 0 Å². The number of rotatable bonds is 1. The Bertz CT molecular complexity index is 305. The van der Waals surface area contributed by atoms with E-state index < -0.39 is 0 Å². The van der Waals surface area contributed by atoms with Crippen molar-refractivity contribution in [2.45, 2.75) is 26.3 Å². The topological polar surface area (TPSA) is 29.9 Å². The van der Waals surface area contributed by atoms with Crippen molar-refractivity contribution in [3.8, 4) is 0 Å². The van der Waals surface area contributed by atoms with Crippen molar-refractivity contribution in [2.24, 2.45) is 18.9 Å². The van der Waals surface area contributed by atoms with Gasteiger partial charge < -0.3 is 5.32 Å². The van der Waals surface area contributed by atoms with E-state index in [-0.39, 0.29) is 0 Å². The summed E-state index contributed by atoms with van der Waals surface area (Å²) >= 11 is 0. The minimum absolute atomic E-state index is 0.451. The van der Waals surface area contributed by atoms with Crippen LogP contribution in [0.25, 0.3) is 0 Å². The number of aromatic nitrogens is 2. The third-order valence-electron chi connectivity index (χ3n) is 3.08. The van der Waals surface area contributed by atoms with Gasteiger partial charge in [0.2, 0.25) is 0 Å². The lowest BCUT2D eigenvalue weighted by Gasteiger charge is -2.32. The van der Waals surface area contributed by atoms with E-state index in [0.29, 0.717) is 12.0 Å². The molecule has 3 nitrogen and oxygen atoms in total. The summed E-state index contributed by atoms with van der Waals surface area (Å²) in [5.74, 6) is 1.48. The maximum Gasteiger partial charge on any atom is 0.0796 e. The molecule has 2 rings (SSSR count). The summed E-state index contributed by atoms with van der Waals surface area (Å²) in [5, 5.41) is 8.04. The fourth-order valence-corrected chi connectivity index (χ4v) is 2.38. The maximum atomic E-state index is 4.46. The van der Waals surface area contributed by atoms with Gasteiger partial charge in [0.05, 0.1) is 11.7 Å². The van der Waals surface area contributed by atoms with Crippen molar-refractivity contribution >= 4 is 0 Å². The van der Waals surface area contributed by atoms with Gasteiger partial charge in [-0.25, -0.2) is 0 Å². The quantitative estimate of drug-likeness (QED) is 0.736. The van der Waals surface area contributed by atoms with E-state index in [9.17, 15) is 0 Å². The third-order valence-corrected chi connectivity index (χ3v) is 3.08. The summed E-state index contributed by atoms with van der Waals surface area (Å²) in [6.07, 6.45) is 3.32. The monoisotopic (exact) mass is 193 g/mol. The van der Waals surface area contributed by atoms with Gasteiger partial charge >= 0.3 is 0 Å². The van der Waals surface area contributed by atoms with E-state index in [4.69, 9.17) is 0 Å². The minimum atomic E-state index is 0.451. The summed E-state index contributed by atoms with van der Waals surface area (Å²) in [6, 6.07) is 2.57. The molecule has 1 aromatic rings. The smallest absolute Gasteiger partial charge is 0.0796 e. The Kier molecular flexibility index (Phi) is 2.59. The first-order valence-corrected chi connectivity index (χ1v) is 5.39. The van der Waals surface area contributed by atoms with E-state index in [2.05, 4.69) is 30.3 Å². The Hall–Kier alpha value is -0.830. The van der Waals surface area contributed by atoms with Crippen molar-refractivity contribution in [3.05, 3.63) is 18.0 Å². The first-order chi connectivity index (χ1) is 6.66. The highest BCUT2D eigenvalue weighted by atomic mass is 15.3. The SMILES string of the molecule is CC1CNC(c2ccn(C)n2)C(C)C1. The molecule has 0 amide bonds. The average molecular weight is 193 g/mol. The van der Waals surface area contributed by atoms with Crippen molar-refractivity contribution in [2.75, 3.05) is 6.54 Å². The molecule has 1 N–H and O–H groups in total. The summed E-state index contributed by atoms with van der Waals surface area (Å²) in [6.45, 7) is 5.73. The molecule has 1 saturated heterocycles. The molecular formula is C11H19N3. The van der Waals surface area contributed by atoms with Gasteiger partial charge in [-0.3, -0.25) is 4.68 Å². The second-order valence-electron chi connectivity index (χ2n) is 4.62. The zero-order valence-electron chi connectivity index (χ0n) is 9.20. The van der Waals surface area contributed by atoms with Gasteiger partial charge in [0, 0.05) is 13.2 Å². The van der Waals surface area contributed by atoms with Crippen molar-refractivity contribution in [1.82, 2.24) is 15.1 Å². The molecular weight excluding hydrogens is 174 g/mol. The van der Waals surface area contributed by atoms with Gasteiger partial charge in [0.1, 0.15) is 0 Å². The molecule has 3 unspecified atom stereocenters.